The van der Waals surface area contributed by atoms with Crippen molar-refractivity contribution in [1.29, 1.82) is 5.41 Å². The molecule has 7 heteroatoms. The van der Waals surface area contributed by atoms with E-state index >= 15 is 0 Å². The number of nitrogens with one attached hydrogen (secondary N) is 1. The molecule has 0 saturated carbocycles. The average molecular weight is 388 g/mol. The summed E-state index contributed by atoms with van der Waals surface area (Å²) in [6.07, 6.45) is 1.54. The summed E-state index contributed by atoms with van der Waals surface area (Å²) in [5.41, 5.74) is 1.87. The number of esters is 1. The highest BCUT2D eigenvalue weighted by Crippen LogP contribution is 2.25. The molecule has 0 aromatic heterocycles. The minimum atomic E-state index is -3.84. The standard InChI is InChI=1S/C20H24N2O4S/c1-2-6-18(21)15-9-11-17(12-10-15)26-20(23)14-13-19(27(22,24)25)16-7-4-3-5-8-16/h3-5,7-12,19,21H,2,6,13-14H2,1H3,(H2,22,24,25). The van der Waals surface area contributed by atoms with E-state index in [1.807, 2.05) is 6.92 Å². The van der Waals surface area contributed by atoms with Crippen LogP contribution in [0.5, 0.6) is 5.75 Å². The van der Waals surface area contributed by atoms with E-state index in [0.717, 1.165) is 12.0 Å². The largest absolute Gasteiger partial charge is 0.427 e. The van der Waals surface area contributed by atoms with Crippen LogP contribution in [-0.4, -0.2) is 20.1 Å². The van der Waals surface area contributed by atoms with Gasteiger partial charge in [0.2, 0.25) is 10.0 Å². The lowest BCUT2D eigenvalue weighted by Gasteiger charge is -2.14. The first-order chi connectivity index (χ1) is 12.8. The molecule has 0 bridgehead atoms. The molecule has 0 saturated heterocycles. The third kappa shape index (κ3) is 6.30. The molecule has 2 aromatic carbocycles. The molecule has 0 aliphatic rings. The maximum atomic E-state index is 12.1. The predicted octanol–water partition coefficient (Wildman–Crippen LogP) is 3.57. The second kappa shape index (κ2) is 9.43. The maximum Gasteiger partial charge on any atom is 0.311 e. The number of carbonyl (C=O) groups excluding carboxylic acids is 1. The summed E-state index contributed by atoms with van der Waals surface area (Å²) in [6.45, 7) is 2.01. The first-order valence-corrected chi connectivity index (χ1v) is 10.4. The fourth-order valence-electron chi connectivity index (χ4n) is 2.74. The van der Waals surface area contributed by atoms with Crippen LogP contribution in [0.1, 0.15) is 49.0 Å². The first kappa shape index (κ1) is 20.8. The van der Waals surface area contributed by atoms with Gasteiger partial charge in [0.1, 0.15) is 11.0 Å². The van der Waals surface area contributed by atoms with E-state index in [9.17, 15) is 13.2 Å². The van der Waals surface area contributed by atoms with Crippen molar-refractivity contribution < 1.29 is 17.9 Å². The van der Waals surface area contributed by atoms with E-state index < -0.39 is 21.2 Å². The second-order valence-electron chi connectivity index (χ2n) is 6.25. The lowest BCUT2D eigenvalue weighted by atomic mass is 10.1. The normalized spacial score (nSPS) is 12.4. The monoisotopic (exact) mass is 388 g/mol. The summed E-state index contributed by atoms with van der Waals surface area (Å²) in [4.78, 5) is 12.1. The Balaban J connectivity index is 1.97. The third-order valence-electron chi connectivity index (χ3n) is 4.11. The Morgan fingerprint density at radius 1 is 1.07 bits per heavy atom. The Morgan fingerprint density at radius 3 is 2.26 bits per heavy atom. The van der Waals surface area contributed by atoms with Crippen molar-refractivity contribution in [3.05, 3.63) is 65.7 Å². The molecule has 1 unspecified atom stereocenters. The summed E-state index contributed by atoms with van der Waals surface area (Å²) in [7, 11) is -3.84. The second-order valence-corrected chi connectivity index (χ2v) is 8.00. The molecular weight excluding hydrogens is 364 g/mol. The van der Waals surface area contributed by atoms with E-state index in [1.54, 1.807) is 54.6 Å². The molecule has 0 heterocycles. The highest BCUT2D eigenvalue weighted by Gasteiger charge is 2.24. The SMILES string of the molecule is CCCC(=N)c1ccc(OC(=O)CCC(c2ccccc2)S(N)(=O)=O)cc1. The van der Waals surface area contributed by atoms with Gasteiger partial charge < -0.3 is 10.1 Å². The highest BCUT2D eigenvalue weighted by molar-refractivity contribution is 7.89. The van der Waals surface area contributed by atoms with Crippen LogP contribution in [0.15, 0.2) is 54.6 Å². The van der Waals surface area contributed by atoms with E-state index in [4.69, 9.17) is 15.3 Å². The molecule has 1 atom stereocenters. The van der Waals surface area contributed by atoms with Crippen LogP contribution in [0.25, 0.3) is 0 Å². The molecule has 3 N–H and O–H groups in total. The molecule has 27 heavy (non-hydrogen) atoms. The Kier molecular flexibility index (Phi) is 7.27. The quantitative estimate of drug-likeness (QED) is 0.389. The molecule has 144 valence electrons. The molecule has 2 rings (SSSR count). The van der Waals surface area contributed by atoms with Crippen LogP contribution >= 0.6 is 0 Å². The van der Waals surface area contributed by atoms with Gasteiger partial charge in [0, 0.05) is 12.1 Å². The summed E-state index contributed by atoms with van der Waals surface area (Å²) >= 11 is 0. The number of primary sulfonamides is 1. The zero-order valence-electron chi connectivity index (χ0n) is 15.2. The molecule has 0 radical (unpaired) electrons. The van der Waals surface area contributed by atoms with Crippen LogP contribution in [0, 0.1) is 5.41 Å². The Bertz CT molecular complexity index is 878. The van der Waals surface area contributed by atoms with Crippen molar-refractivity contribution in [2.24, 2.45) is 5.14 Å². The number of carbonyl (C=O) groups is 1. The molecule has 0 amide bonds. The molecule has 0 aliphatic heterocycles. The fraction of sp³-hybridized carbons (Fsp3) is 0.300. The van der Waals surface area contributed by atoms with E-state index in [-0.39, 0.29) is 12.8 Å². The van der Waals surface area contributed by atoms with Crippen LogP contribution in [0.2, 0.25) is 0 Å². The fourth-order valence-corrected chi connectivity index (χ4v) is 3.72. The van der Waals surface area contributed by atoms with Crippen molar-refractivity contribution >= 4 is 21.7 Å². The lowest BCUT2D eigenvalue weighted by Crippen LogP contribution is -2.23. The van der Waals surface area contributed by atoms with Gasteiger partial charge in [0.05, 0.1) is 0 Å². The number of benzene rings is 2. The Labute approximate surface area is 159 Å². The van der Waals surface area contributed by atoms with Crippen molar-refractivity contribution in [1.82, 2.24) is 0 Å². The van der Waals surface area contributed by atoms with Gasteiger partial charge in [-0.05, 0) is 48.2 Å². The van der Waals surface area contributed by atoms with Crippen molar-refractivity contribution in [3.8, 4) is 5.75 Å². The molecule has 2 aromatic rings. The van der Waals surface area contributed by atoms with Gasteiger partial charge in [-0.25, -0.2) is 13.6 Å². The van der Waals surface area contributed by atoms with E-state index in [2.05, 4.69) is 0 Å². The number of rotatable bonds is 9. The number of nitrogens with two attached hydrogens (primary N) is 1. The van der Waals surface area contributed by atoms with Gasteiger partial charge in [-0.15, -0.1) is 0 Å². The average Bonchev–Trinajstić information content (AvgIpc) is 2.62. The smallest absolute Gasteiger partial charge is 0.311 e. The Morgan fingerprint density at radius 2 is 1.70 bits per heavy atom. The minimum Gasteiger partial charge on any atom is -0.427 e. The van der Waals surface area contributed by atoms with E-state index in [1.165, 1.54) is 0 Å². The zero-order chi connectivity index (χ0) is 19.9. The number of sulfonamides is 1. The molecule has 6 nitrogen and oxygen atoms in total. The topological polar surface area (TPSA) is 110 Å². The number of ether oxygens (including phenoxy) is 1. The summed E-state index contributed by atoms with van der Waals surface area (Å²) in [6, 6.07) is 15.3. The van der Waals surface area contributed by atoms with Gasteiger partial charge in [-0.3, -0.25) is 4.79 Å². The maximum absolute atomic E-state index is 12.1. The zero-order valence-corrected chi connectivity index (χ0v) is 16.0. The Hall–Kier alpha value is -2.51. The predicted molar refractivity (Wildman–Crippen MR) is 105 cm³/mol. The van der Waals surface area contributed by atoms with Crippen molar-refractivity contribution in [2.75, 3.05) is 0 Å². The summed E-state index contributed by atoms with van der Waals surface area (Å²) in [5, 5.41) is 12.3. The first-order valence-electron chi connectivity index (χ1n) is 8.76. The molecule has 0 aliphatic carbocycles. The van der Waals surface area contributed by atoms with Gasteiger partial charge >= 0.3 is 5.97 Å². The molecule has 0 fully saturated rings. The van der Waals surface area contributed by atoms with Crippen LogP contribution in [0.4, 0.5) is 0 Å². The number of hydrogen-bond donors (Lipinski definition) is 2. The lowest BCUT2D eigenvalue weighted by molar-refractivity contribution is -0.134. The molecular formula is C20H24N2O4S. The van der Waals surface area contributed by atoms with Gasteiger partial charge in [0.15, 0.2) is 0 Å². The highest BCUT2D eigenvalue weighted by atomic mass is 32.2. The number of hydrogen-bond acceptors (Lipinski definition) is 5. The van der Waals surface area contributed by atoms with Gasteiger partial charge in [-0.1, -0.05) is 43.7 Å². The summed E-state index contributed by atoms with van der Waals surface area (Å²) in [5.74, 6) is -0.170. The van der Waals surface area contributed by atoms with Gasteiger partial charge in [0.25, 0.3) is 0 Å². The van der Waals surface area contributed by atoms with Crippen LogP contribution < -0.4 is 9.88 Å². The van der Waals surface area contributed by atoms with Crippen LogP contribution in [-0.2, 0) is 14.8 Å². The van der Waals surface area contributed by atoms with Crippen molar-refractivity contribution in [2.45, 2.75) is 37.9 Å². The van der Waals surface area contributed by atoms with Crippen molar-refractivity contribution in [3.63, 3.8) is 0 Å². The van der Waals surface area contributed by atoms with Crippen LogP contribution in [0.3, 0.4) is 0 Å². The molecule has 0 spiro atoms. The van der Waals surface area contributed by atoms with E-state index in [0.29, 0.717) is 23.4 Å². The minimum absolute atomic E-state index is 0.0426. The summed E-state index contributed by atoms with van der Waals surface area (Å²) < 4.78 is 29.0. The van der Waals surface area contributed by atoms with Gasteiger partial charge in [-0.2, -0.15) is 0 Å². The third-order valence-corrected chi connectivity index (χ3v) is 5.41.